The van der Waals surface area contributed by atoms with Crippen LogP contribution in [-0.4, -0.2) is 47.3 Å². The van der Waals surface area contributed by atoms with E-state index in [0.29, 0.717) is 12.2 Å². The van der Waals surface area contributed by atoms with Crippen LogP contribution in [0.1, 0.15) is 37.2 Å². The normalized spacial score (nSPS) is 13.6. The van der Waals surface area contributed by atoms with Gasteiger partial charge in [0.2, 0.25) is 0 Å². The Morgan fingerprint density at radius 3 is 1.38 bits per heavy atom. The minimum atomic E-state index is 0.0445. The van der Waals surface area contributed by atoms with Gasteiger partial charge in [-0.25, -0.2) is 0 Å². The second-order valence-corrected chi connectivity index (χ2v) is 17.6. The third kappa shape index (κ3) is 7.05. The van der Waals surface area contributed by atoms with E-state index < -0.39 is 0 Å². The predicted molar refractivity (Wildman–Crippen MR) is 103 cm³/mol. The van der Waals surface area contributed by atoms with Crippen LogP contribution in [0.15, 0.2) is 60.7 Å². The first-order valence-corrected chi connectivity index (χ1v) is 19.1. The van der Waals surface area contributed by atoms with Gasteiger partial charge in [0.25, 0.3) is 0 Å². The van der Waals surface area contributed by atoms with Crippen molar-refractivity contribution in [3.05, 3.63) is 71.8 Å². The van der Waals surface area contributed by atoms with E-state index in [-0.39, 0.29) is 34.1 Å². The van der Waals surface area contributed by atoms with Crippen LogP contribution in [0.4, 0.5) is 0 Å². The second-order valence-electron chi connectivity index (χ2n) is 5.28. The van der Waals surface area contributed by atoms with Crippen LogP contribution >= 0.6 is 0 Å². The first-order chi connectivity index (χ1) is 11.8. The molecule has 0 saturated heterocycles. The van der Waals surface area contributed by atoms with Gasteiger partial charge in [-0.15, -0.1) is 0 Å². The summed E-state index contributed by atoms with van der Waals surface area (Å²) in [6.07, 6.45) is 0.594. The molecule has 0 bridgehead atoms. The minimum absolute atomic E-state index is 0.0445. The third-order valence-electron chi connectivity index (χ3n) is 3.60. The summed E-state index contributed by atoms with van der Waals surface area (Å²) in [5.74, 6) is 0. The van der Waals surface area contributed by atoms with E-state index in [9.17, 15) is 0 Å². The molecule has 0 aliphatic carbocycles. The fraction of sp³-hybridized carbons (Fsp3) is 0.400. The molecular formula is C20H26O2Te2. The standard InChI is InChI=1S/C20H26O2Te2/c1-3-21-19(17-11-7-5-8-12-17)15-23-24-16-20(22-4-2)18-13-9-6-10-14-18/h5-14,19-20H,3-4,15-16H2,1-2H3. The van der Waals surface area contributed by atoms with E-state index in [2.05, 4.69) is 74.5 Å². The molecule has 24 heavy (non-hydrogen) atoms. The van der Waals surface area contributed by atoms with Crippen LogP contribution in [0, 0.1) is 0 Å². The Kier molecular flexibility index (Phi) is 10.4. The van der Waals surface area contributed by atoms with Gasteiger partial charge in [-0.05, 0) is 0 Å². The van der Waals surface area contributed by atoms with Gasteiger partial charge in [-0.3, -0.25) is 0 Å². The molecule has 0 saturated carbocycles. The van der Waals surface area contributed by atoms with E-state index in [1.807, 2.05) is 0 Å². The molecular weight excluding hydrogens is 527 g/mol. The second kappa shape index (κ2) is 12.3. The number of hydrogen-bond donors (Lipinski definition) is 0. The van der Waals surface area contributed by atoms with Crippen molar-refractivity contribution in [3.8, 4) is 0 Å². The summed E-state index contributed by atoms with van der Waals surface area (Å²) < 4.78 is 14.5. The zero-order valence-corrected chi connectivity index (χ0v) is 19.1. The van der Waals surface area contributed by atoms with Crippen molar-refractivity contribution < 1.29 is 9.47 Å². The molecule has 0 aliphatic heterocycles. The molecule has 2 aromatic carbocycles. The quantitative estimate of drug-likeness (QED) is 0.297. The molecule has 0 N–H and O–H groups in total. The maximum absolute atomic E-state index is 5.99. The maximum atomic E-state index is 5.99. The molecule has 4 heteroatoms. The number of hydrogen-bond acceptors (Lipinski definition) is 2. The van der Waals surface area contributed by atoms with Gasteiger partial charge in [-0.1, -0.05) is 0 Å². The van der Waals surface area contributed by atoms with Crippen molar-refractivity contribution in [2.45, 2.75) is 35.0 Å². The van der Waals surface area contributed by atoms with Crippen LogP contribution in [0.3, 0.4) is 0 Å². The summed E-state index contributed by atoms with van der Waals surface area (Å²) in [4.78, 5) is 0. The molecule has 0 fully saturated rings. The van der Waals surface area contributed by atoms with Crippen molar-refractivity contribution in [1.29, 1.82) is 0 Å². The first-order valence-electron chi connectivity index (χ1n) is 8.42. The Morgan fingerprint density at radius 2 is 1.04 bits per heavy atom. The van der Waals surface area contributed by atoms with Crippen LogP contribution in [-0.2, 0) is 9.47 Å². The Balaban J connectivity index is 1.83. The van der Waals surface area contributed by atoms with Gasteiger partial charge in [-0.2, -0.15) is 0 Å². The van der Waals surface area contributed by atoms with Gasteiger partial charge in [0.15, 0.2) is 0 Å². The van der Waals surface area contributed by atoms with Gasteiger partial charge in [0.1, 0.15) is 0 Å². The summed E-state index contributed by atoms with van der Waals surface area (Å²) in [6, 6.07) is 21.4. The average molecular weight is 554 g/mol. The van der Waals surface area contributed by atoms with Crippen molar-refractivity contribution in [2.24, 2.45) is 0 Å². The van der Waals surface area contributed by atoms with Crippen LogP contribution in [0.25, 0.3) is 0 Å². The van der Waals surface area contributed by atoms with Crippen LogP contribution in [0.5, 0.6) is 0 Å². The summed E-state index contributed by atoms with van der Waals surface area (Å²) in [5.41, 5.74) is 2.67. The van der Waals surface area contributed by atoms with E-state index in [4.69, 9.17) is 9.47 Å². The Hall–Kier alpha value is -0.0608. The molecule has 0 aliphatic rings. The SMILES string of the molecule is CCOC(C[Te][Te]CC(OCC)c1ccccc1)c1ccccc1. The summed E-state index contributed by atoms with van der Waals surface area (Å²) in [6.45, 7) is 5.76. The molecule has 0 heterocycles. The molecule has 0 amide bonds. The predicted octanol–water partition coefficient (Wildman–Crippen LogP) is 4.70. The third-order valence-corrected chi connectivity index (χ3v) is 15.0. The molecule has 130 valence electrons. The van der Waals surface area contributed by atoms with Gasteiger partial charge in [0.05, 0.1) is 0 Å². The first kappa shape index (κ1) is 20.3. The molecule has 2 atom stereocenters. The molecule has 2 aromatic rings. The fourth-order valence-corrected chi connectivity index (χ4v) is 13.8. The zero-order valence-electron chi connectivity index (χ0n) is 14.4. The molecule has 2 rings (SSSR count). The Labute approximate surface area is 162 Å². The van der Waals surface area contributed by atoms with Gasteiger partial charge in [0, 0.05) is 0 Å². The average Bonchev–Trinajstić information content (AvgIpc) is 2.64. The molecule has 2 unspecified atom stereocenters. The van der Waals surface area contributed by atoms with Crippen LogP contribution in [0.2, 0.25) is 8.94 Å². The van der Waals surface area contributed by atoms with Gasteiger partial charge < -0.3 is 0 Å². The van der Waals surface area contributed by atoms with E-state index in [0.717, 1.165) is 13.2 Å². The molecule has 0 aromatic heterocycles. The zero-order chi connectivity index (χ0) is 17.0. The van der Waals surface area contributed by atoms with Crippen molar-refractivity contribution in [1.82, 2.24) is 0 Å². The van der Waals surface area contributed by atoms with Crippen LogP contribution < -0.4 is 0 Å². The summed E-state index contributed by atoms with van der Waals surface area (Å²) in [7, 11) is 0. The number of rotatable bonds is 11. The van der Waals surface area contributed by atoms with Gasteiger partial charge >= 0.3 is 164 Å². The Bertz CT molecular complexity index is 497. The summed E-state index contributed by atoms with van der Waals surface area (Å²) in [5, 5.41) is 0. The fourth-order valence-electron chi connectivity index (χ4n) is 2.44. The molecule has 0 spiro atoms. The number of benzene rings is 2. The number of ether oxygens (including phenoxy) is 2. The topological polar surface area (TPSA) is 18.5 Å². The summed E-state index contributed by atoms with van der Waals surface area (Å²) >= 11 is 0.0890. The molecule has 2 nitrogen and oxygen atoms in total. The van der Waals surface area contributed by atoms with Crippen molar-refractivity contribution in [3.63, 3.8) is 0 Å². The van der Waals surface area contributed by atoms with E-state index in [1.165, 1.54) is 20.1 Å². The van der Waals surface area contributed by atoms with Crippen molar-refractivity contribution in [2.75, 3.05) is 13.2 Å². The van der Waals surface area contributed by atoms with Crippen molar-refractivity contribution >= 4 is 34.1 Å². The van der Waals surface area contributed by atoms with E-state index >= 15 is 0 Å². The van der Waals surface area contributed by atoms with E-state index in [1.54, 1.807) is 0 Å². The monoisotopic (exact) mass is 558 g/mol. The molecule has 0 radical (unpaired) electrons. The Morgan fingerprint density at radius 1 is 0.667 bits per heavy atom.